The van der Waals surface area contributed by atoms with Crippen molar-refractivity contribution in [1.82, 2.24) is 5.32 Å². The molecule has 36 heavy (non-hydrogen) atoms. The predicted molar refractivity (Wildman–Crippen MR) is 147 cm³/mol. The minimum Gasteiger partial charge on any atom is -0.483 e. The first-order valence-electron chi connectivity index (χ1n) is 12.6. The largest absolute Gasteiger partial charge is 0.483 e. The molecule has 0 heterocycles. The standard InChI is InChI=1S/C30H42N2O4/c1-21(2)16-17-36-30(6,7)20-31-29(34)19-35-27-15-11-9-13-24(27)25(22(3)4)18-28(33)32-26-14-10-8-12-23(26)5/h8-15,21H,16-20H2,1-7H3,(H,31,34)(H,32,33). The van der Waals surface area contributed by atoms with Crippen LogP contribution >= 0.6 is 0 Å². The van der Waals surface area contributed by atoms with Crippen molar-refractivity contribution in [2.45, 2.75) is 66.9 Å². The zero-order valence-corrected chi connectivity index (χ0v) is 22.9. The summed E-state index contributed by atoms with van der Waals surface area (Å²) in [7, 11) is 0. The van der Waals surface area contributed by atoms with Crippen molar-refractivity contribution in [3.63, 3.8) is 0 Å². The number of amides is 2. The molecule has 2 aromatic rings. The van der Waals surface area contributed by atoms with E-state index in [4.69, 9.17) is 9.47 Å². The van der Waals surface area contributed by atoms with Crippen molar-refractivity contribution in [2.24, 2.45) is 5.92 Å². The number of aryl methyl sites for hydroxylation is 1. The highest BCUT2D eigenvalue weighted by molar-refractivity contribution is 5.99. The number of para-hydroxylation sites is 2. The van der Waals surface area contributed by atoms with Crippen LogP contribution in [-0.4, -0.2) is 37.2 Å². The van der Waals surface area contributed by atoms with Gasteiger partial charge in [-0.3, -0.25) is 9.59 Å². The monoisotopic (exact) mass is 494 g/mol. The fraction of sp³-hybridized carbons (Fsp3) is 0.467. The average molecular weight is 495 g/mol. The van der Waals surface area contributed by atoms with Gasteiger partial charge in [-0.15, -0.1) is 0 Å². The number of hydrogen-bond acceptors (Lipinski definition) is 4. The van der Waals surface area contributed by atoms with Crippen molar-refractivity contribution in [3.8, 4) is 5.75 Å². The number of ether oxygens (including phenoxy) is 2. The molecular weight excluding hydrogens is 452 g/mol. The smallest absolute Gasteiger partial charge is 0.258 e. The fourth-order valence-corrected chi connectivity index (χ4v) is 3.58. The minimum atomic E-state index is -0.456. The number of nitrogens with one attached hydrogen (secondary N) is 2. The Kier molecular flexibility index (Phi) is 11.2. The Bertz CT molecular complexity index is 1050. The molecule has 0 aliphatic carbocycles. The molecule has 0 saturated heterocycles. The van der Waals surface area contributed by atoms with Gasteiger partial charge in [0.1, 0.15) is 5.75 Å². The summed E-state index contributed by atoms with van der Waals surface area (Å²) in [4.78, 5) is 25.4. The van der Waals surface area contributed by atoms with Gasteiger partial charge in [0.15, 0.2) is 6.61 Å². The van der Waals surface area contributed by atoms with Crippen molar-refractivity contribution in [3.05, 3.63) is 65.2 Å². The molecule has 2 aromatic carbocycles. The molecule has 0 aromatic heterocycles. The Balaban J connectivity index is 2.00. The highest BCUT2D eigenvalue weighted by Gasteiger charge is 2.20. The van der Waals surface area contributed by atoms with Crippen LogP contribution < -0.4 is 15.4 Å². The Labute approximate surface area is 216 Å². The number of allylic oxidation sites excluding steroid dienone is 1. The van der Waals surface area contributed by atoms with Crippen LogP contribution in [0.25, 0.3) is 5.57 Å². The van der Waals surface area contributed by atoms with Crippen LogP contribution in [0.4, 0.5) is 5.69 Å². The van der Waals surface area contributed by atoms with Gasteiger partial charge in [-0.1, -0.05) is 55.8 Å². The van der Waals surface area contributed by atoms with E-state index in [1.165, 1.54) is 0 Å². The van der Waals surface area contributed by atoms with Gasteiger partial charge in [-0.25, -0.2) is 0 Å². The molecule has 0 fully saturated rings. The summed E-state index contributed by atoms with van der Waals surface area (Å²) in [5.41, 5.74) is 4.04. The fourth-order valence-electron chi connectivity index (χ4n) is 3.58. The van der Waals surface area contributed by atoms with Crippen LogP contribution in [0.5, 0.6) is 5.75 Å². The van der Waals surface area contributed by atoms with Crippen LogP contribution in [0, 0.1) is 12.8 Å². The van der Waals surface area contributed by atoms with E-state index in [0.29, 0.717) is 24.8 Å². The lowest BCUT2D eigenvalue weighted by Gasteiger charge is -2.26. The van der Waals surface area contributed by atoms with E-state index >= 15 is 0 Å². The van der Waals surface area contributed by atoms with E-state index in [0.717, 1.165) is 34.4 Å². The van der Waals surface area contributed by atoms with Crippen molar-refractivity contribution >= 4 is 23.1 Å². The van der Waals surface area contributed by atoms with Crippen molar-refractivity contribution in [1.29, 1.82) is 0 Å². The second-order valence-electron chi connectivity index (χ2n) is 10.4. The highest BCUT2D eigenvalue weighted by Crippen LogP contribution is 2.31. The molecule has 0 spiro atoms. The molecule has 2 rings (SSSR count). The first-order chi connectivity index (χ1) is 17.0. The van der Waals surface area contributed by atoms with E-state index in [1.54, 1.807) is 0 Å². The molecule has 0 saturated carbocycles. The summed E-state index contributed by atoms with van der Waals surface area (Å²) in [5, 5.41) is 5.90. The SMILES string of the molecule is CC(C)=C(CC(=O)Nc1ccccc1C)c1ccccc1OCC(=O)NCC(C)(C)OCCC(C)C. The van der Waals surface area contributed by atoms with Crippen LogP contribution in [0.15, 0.2) is 54.1 Å². The van der Waals surface area contributed by atoms with Crippen molar-refractivity contribution < 1.29 is 19.1 Å². The van der Waals surface area contributed by atoms with Gasteiger partial charge >= 0.3 is 0 Å². The summed E-state index contributed by atoms with van der Waals surface area (Å²) >= 11 is 0. The van der Waals surface area contributed by atoms with Gasteiger partial charge < -0.3 is 20.1 Å². The molecular formula is C30H42N2O4. The number of rotatable bonds is 13. The molecule has 6 heteroatoms. The normalized spacial score (nSPS) is 11.2. The van der Waals surface area contributed by atoms with Crippen LogP contribution in [0.3, 0.4) is 0 Å². The Morgan fingerprint density at radius 1 is 0.972 bits per heavy atom. The van der Waals surface area contributed by atoms with Crippen molar-refractivity contribution in [2.75, 3.05) is 25.1 Å². The third-order valence-electron chi connectivity index (χ3n) is 5.83. The highest BCUT2D eigenvalue weighted by atomic mass is 16.5. The Morgan fingerprint density at radius 2 is 1.64 bits per heavy atom. The lowest BCUT2D eigenvalue weighted by molar-refractivity contribution is -0.124. The predicted octanol–water partition coefficient (Wildman–Crippen LogP) is 6.15. The number of benzene rings is 2. The van der Waals surface area contributed by atoms with E-state index < -0.39 is 5.60 Å². The summed E-state index contributed by atoms with van der Waals surface area (Å²) in [6.07, 6.45) is 1.18. The van der Waals surface area contributed by atoms with Gasteiger partial charge in [-0.05, 0) is 70.2 Å². The lowest BCUT2D eigenvalue weighted by Crippen LogP contribution is -2.42. The Hall–Kier alpha value is -3.12. The molecule has 2 amide bonds. The van der Waals surface area contributed by atoms with Gasteiger partial charge in [0.25, 0.3) is 5.91 Å². The van der Waals surface area contributed by atoms with Crippen LogP contribution in [0.1, 0.15) is 65.5 Å². The third-order valence-corrected chi connectivity index (χ3v) is 5.83. The van der Waals surface area contributed by atoms with E-state index in [9.17, 15) is 9.59 Å². The van der Waals surface area contributed by atoms with Gasteiger partial charge in [0.2, 0.25) is 5.91 Å². The van der Waals surface area contributed by atoms with E-state index in [2.05, 4.69) is 24.5 Å². The van der Waals surface area contributed by atoms with E-state index in [-0.39, 0.29) is 24.8 Å². The summed E-state index contributed by atoms with van der Waals surface area (Å²) in [6, 6.07) is 15.2. The molecule has 0 aliphatic heterocycles. The van der Waals surface area contributed by atoms with Crippen LogP contribution in [-0.2, 0) is 14.3 Å². The molecule has 0 atom stereocenters. The zero-order chi connectivity index (χ0) is 26.7. The first-order valence-corrected chi connectivity index (χ1v) is 12.6. The number of carbonyl (C=O) groups is 2. The molecule has 0 bridgehead atoms. The first kappa shape index (κ1) is 29.1. The number of hydrogen-bond donors (Lipinski definition) is 2. The molecule has 6 nitrogen and oxygen atoms in total. The number of carbonyl (C=O) groups excluding carboxylic acids is 2. The molecule has 2 N–H and O–H groups in total. The maximum absolute atomic E-state index is 12.9. The van der Waals surface area contributed by atoms with Crippen LogP contribution in [0.2, 0.25) is 0 Å². The lowest BCUT2D eigenvalue weighted by atomic mass is 9.97. The molecule has 196 valence electrons. The topological polar surface area (TPSA) is 76.7 Å². The second-order valence-corrected chi connectivity index (χ2v) is 10.4. The minimum absolute atomic E-state index is 0.104. The van der Waals surface area contributed by atoms with E-state index in [1.807, 2.05) is 83.1 Å². The second kappa shape index (κ2) is 13.8. The zero-order valence-electron chi connectivity index (χ0n) is 22.9. The molecule has 0 radical (unpaired) electrons. The summed E-state index contributed by atoms with van der Waals surface area (Å²) in [6.45, 7) is 15.1. The summed E-state index contributed by atoms with van der Waals surface area (Å²) < 4.78 is 11.8. The third kappa shape index (κ3) is 9.86. The molecule has 0 aliphatic rings. The number of anilines is 1. The average Bonchev–Trinajstić information content (AvgIpc) is 2.81. The van der Waals surface area contributed by atoms with Gasteiger partial charge in [0.05, 0.1) is 12.0 Å². The molecule has 0 unspecified atom stereocenters. The maximum Gasteiger partial charge on any atom is 0.258 e. The maximum atomic E-state index is 12.9. The quantitative estimate of drug-likeness (QED) is 0.350. The Morgan fingerprint density at radius 3 is 2.31 bits per heavy atom. The van der Waals surface area contributed by atoms with Gasteiger partial charge in [0, 0.05) is 24.4 Å². The summed E-state index contributed by atoms with van der Waals surface area (Å²) in [5.74, 6) is 0.817. The van der Waals surface area contributed by atoms with Gasteiger partial charge in [-0.2, -0.15) is 0 Å².